The van der Waals surface area contributed by atoms with Gasteiger partial charge in [-0.3, -0.25) is 0 Å². The third-order valence-corrected chi connectivity index (χ3v) is 7.54. The Hall–Kier alpha value is -1.61. The number of ether oxygens (including phenoxy) is 2. The van der Waals surface area contributed by atoms with Gasteiger partial charge in [0.15, 0.2) is 0 Å². The zero-order valence-corrected chi connectivity index (χ0v) is 19.8. The van der Waals surface area contributed by atoms with Gasteiger partial charge in [0, 0.05) is 12.7 Å². The van der Waals surface area contributed by atoms with E-state index in [1.54, 1.807) is 14.0 Å². The second-order valence-corrected chi connectivity index (χ2v) is 9.80. The molecule has 3 nitrogen and oxygen atoms in total. The van der Waals surface area contributed by atoms with Crippen LogP contribution in [0.3, 0.4) is 0 Å². The van der Waals surface area contributed by atoms with Crippen molar-refractivity contribution in [1.82, 2.24) is 0 Å². The minimum Gasteiger partial charge on any atom is -0.462 e. The molecule has 0 unspecified atom stereocenters. The number of benzene rings is 1. The lowest BCUT2D eigenvalue weighted by molar-refractivity contribution is -0.139. The van der Waals surface area contributed by atoms with Crippen LogP contribution in [0.2, 0.25) is 0 Å². The lowest BCUT2D eigenvalue weighted by Crippen LogP contribution is -2.23. The highest BCUT2D eigenvalue weighted by molar-refractivity contribution is 5.86. The van der Waals surface area contributed by atoms with Crippen molar-refractivity contribution in [2.45, 2.75) is 89.9 Å². The molecule has 2 aliphatic carbocycles. The number of rotatable bonds is 10. The van der Waals surface area contributed by atoms with E-state index in [0.29, 0.717) is 18.1 Å². The molecule has 1 aromatic rings. The van der Waals surface area contributed by atoms with Crippen molar-refractivity contribution in [2.75, 3.05) is 20.3 Å². The number of esters is 1. The van der Waals surface area contributed by atoms with Crippen LogP contribution in [-0.2, 0) is 27.1 Å². The van der Waals surface area contributed by atoms with E-state index in [2.05, 4.69) is 24.8 Å². The lowest BCUT2D eigenvalue weighted by Gasteiger charge is -2.36. The summed E-state index contributed by atoms with van der Waals surface area (Å²) in [7, 11) is 1.76. The van der Waals surface area contributed by atoms with Crippen LogP contribution in [0.5, 0.6) is 0 Å². The predicted octanol–water partition coefficient (Wildman–Crippen LogP) is 6.78. The van der Waals surface area contributed by atoms with E-state index in [4.69, 9.17) is 9.47 Å². The molecule has 3 rings (SSSR count). The van der Waals surface area contributed by atoms with Gasteiger partial charge in [-0.25, -0.2) is 4.79 Å². The summed E-state index contributed by atoms with van der Waals surface area (Å²) in [5.74, 6) is 2.39. The Bertz CT molecular complexity index is 709. The molecule has 0 aromatic heterocycles. The first-order valence-electron chi connectivity index (χ1n) is 12.5. The zero-order chi connectivity index (χ0) is 22.1. The smallest absolute Gasteiger partial charge is 0.333 e. The average molecular weight is 427 g/mol. The van der Waals surface area contributed by atoms with Gasteiger partial charge in [-0.1, -0.05) is 56.9 Å². The van der Waals surface area contributed by atoms with E-state index in [1.807, 2.05) is 0 Å². The van der Waals surface area contributed by atoms with Gasteiger partial charge < -0.3 is 9.47 Å². The van der Waals surface area contributed by atoms with Crippen LogP contribution >= 0.6 is 0 Å². The van der Waals surface area contributed by atoms with E-state index in [9.17, 15) is 4.79 Å². The second kappa shape index (κ2) is 12.4. The first kappa shape index (κ1) is 24.0. The summed E-state index contributed by atoms with van der Waals surface area (Å²) in [6, 6.07) is 7.12. The van der Waals surface area contributed by atoms with Crippen molar-refractivity contribution in [3.8, 4) is 0 Å². The minimum atomic E-state index is -0.289. The largest absolute Gasteiger partial charge is 0.462 e. The molecule has 0 N–H and O–H groups in total. The Labute approximate surface area is 189 Å². The molecule has 0 radical (unpaired) electrons. The van der Waals surface area contributed by atoms with Gasteiger partial charge in [0.25, 0.3) is 0 Å². The number of carbonyl (C=O) groups is 1. The van der Waals surface area contributed by atoms with Crippen LogP contribution in [0, 0.1) is 11.8 Å². The third kappa shape index (κ3) is 7.20. The molecule has 172 valence electrons. The topological polar surface area (TPSA) is 35.5 Å². The fourth-order valence-corrected chi connectivity index (χ4v) is 5.67. The molecular weight excluding hydrogens is 384 g/mol. The van der Waals surface area contributed by atoms with Gasteiger partial charge in [-0.05, 0) is 86.3 Å². The highest BCUT2D eigenvalue weighted by Crippen LogP contribution is 2.43. The van der Waals surface area contributed by atoms with Crippen LogP contribution in [0.25, 0.3) is 0 Å². The summed E-state index contributed by atoms with van der Waals surface area (Å²) >= 11 is 0. The van der Waals surface area contributed by atoms with Gasteiger partial charge in [-0.2, -0.15) is 0 Å². The van der Waals surface area contributed by atoms with E-state index in [1.165, 1.54) is 74.5 Å². The molecule has 2 saturated carbocycles. The number of carbonyl (C=O) groups excluding carboxylic acids is 1. The molecule has 0 atom stereocenters. The minimum absolute atomic E-state index is 0.289. The number of aryl methyl sites for hydroxylation is 1. The van der Waals surface area contributed by atoms with E-state index < -0.39 is 0 Å². The summed E-state index contributed by atoms with van der Waals surface area (Å²) in [5.41, 5.74) is 4.74. The van der Waals surface area contributed by atoms with E-state index in [0.717, 1.165) is 37.7 Å². The van der Waals surface area contributed by atoms with Gasteiger partial charge in [0.05, 0.1) is 13.2 Å². The molecular formula is C28H42O3. The molecule has 1 aromatic carbocycles. The molecule has 0 spiro atoms. The van der Waals surface area contributed by atoms with E-state index >= 15 is 0 Å². The van der Waals surface area contributed by atoms with Crippen molar-refractivity contribution in [3.63, 3.8) is 0 Å². The molecule has 31 heavy (non-hydrogen) atoms. The summed E-state index contributed by atoms with van der Waals surface area (Å²) < 4.78 is 10.6. The molecule has 0 heterocycles. The van der Waals surface area contributed by atoms with Crippen molar-refractivity contribution in [2.24, 2.45) is 11.8 Å². The van der Waals surface area contributed by atoms with E-state index in [-0.39, 0.29) is 5.97 Å². The molecule has 3 heteroatoms. The maximum atomic E-state index is 11.6. The monoisotopic (exact) mass is 426 g/mol. The summed E-state index contributed by atoms with van der Waals surface area (Å²) in [6.07, 6.45) is 15.5. The zero-order valence-electron chi connectivity index (χ0n) is 19.8. The normalized spacial score (nSPS) is 22.3. The maximum absolute atomic E-state index is 11.6. The van der Waals surface area contributed by atoms with Gasteiger partial charge >= 0.3 is 5.97 Å². The predicted molar refractivity (Wildman–Crippen MR) is 127 cm³/mol. The van der Waals surface area contributed by atoms with Crippen molar-refractivity contribution in [1.29, 1.82) is 0 Å². The molecule has 0 bridgehead atoms. The molecule has 0 amide bonds. The Morgan fingerprint density at radius 2 is 1.65 bits per heavy atom. The van der Waals surface area contributed by atoms with Crippen LogP contribution in [0.15, 0.2) is 30.4 Å². The highest BCUT2D eigenvalue weighted by atomic mass is 16.5. The number of methoxy groups -OCH3 is 1. The molecule has 2 fully saturated rings. The van der Waals surface area contributed by atoms with Crippen molar-refractivity contribution >= 4 is 5.97 Å². The standard InChI is InChI=1S/C28H42O3/c1-21(2)28(29)31-18-7-10-26-20-27(16-15-25(26)17-19-30-3)24-13-11-23(12-14-24)22-8-5-4-6-9-22/h15-16,20,22-24H,1,4-14,17-19H2,2-3H3. The van der Waals surface area contributed by atoms with Crippen LogP contribution in [0.4, 0.5) is 0 Å². The van der Waals surface area contributed by atoms with Crippen molar-refractivity contribution < 1.29 is 14.3 Å². The third-order valence-electron chi connectivity index (χ3n) is 7.54. The van der Waals surface area contributed by atoms with Crippen molar-refractivity contribution in [3.05, 3.63) is 47.0 Å². The van der Waals surface area contributed by atoms with Gasteiger partial charge in [-0.15, -0.1) is 0 Å². The molecule has 0 saturated heterocycles. The number of hydrogen-bond donors (Lipinski definition) is 0. The first-order valence-corrected chi connectivity index (χ1v) is 12.5. The summed E-state index contributed by atoms with van der Waals surface area (Å²) in [6.45, 7) is 6.53. The molecule has 0 aliphatic heterocycles. The Morgan fingerprint density at radius 3 is 2.32 bits per heavy atom. The highest BCUT2D eigenvalue weighted by Gasteiger charge is 2.29. The SMILES string of the molecule is C=C(C)C(=O)OCCCc1cc(C2CCC(C3CCCCC3)CC2)ccc1CCOC. The Balaban J connectivity index is 1.58. The fourth-order valence-electron chi connectivity index (χ4n) is 5.67. The molecule has 2 aliphatic rings. The Kier molecular flexibility index (Phi) is 9.64. The lowest BCUT2D eigenvalue weighted by atomic mass is 9.70. The summed E-state index contributed by atoms with van der Waals surface area (Å²) in [4.78, 5) is 11.6. The second-order valence-electron chi connectivity index (χ2n) is 9.80. The van der Waals surface area contributed by atoms with Crippen LogP contribution in [-0.4, -0.2) is 26.3 Å². The maximum Gasteiger partial charge on any atom is 0.333 e. The fraction of sp³-hybridized carbons (Fsp3) is 0.679. The first-order chi connectivity index (χ1) is 15.1. The average Bonchev–Trinajstić information content (AvgIpc) is 2.81. The van der Waals surface area contributed by atoms with Crippen LogP contribution in [0.1, 0.15) is 93.7 Å². The van der Waals surface area contributed by atoms with Gasteiger partial charge in [0.1, 0.15) is 0 Å². The quantitative estimate of drug-likeness (QED) is 0.235. The Morgan fingerprint density at radius 1 is 0.935 bits per heavy atom. The van der Waals surface area contributed by atoms with Crippen LogP contribution < -0.4 is 0 Å². The number of hydrogen-bond acceptors (Lipinski definition) is 3. The summed E-state index contributed by atoms with van der Waals surface area (Å²) in [5, 5.41) is 0. The van der Waals surface area contributed by atoms with Gasteiger partial charge in [0.2, 0.25) is 0 Å².